The van der Waals surface area contributed by atoms with E-state index in [0.717, 1.165) is 13.2 Å². The molecule has 1 rings (SSSR count). The Morgan fingerprint density at radius 2 is 2.00 bits per heavy atom. The summed E-state index contributed by atoms with van der Waals surface area (Å²) in [6.07, 6.45) is 6.60. The number of hydrogen-bond donors (Lipinski definition) is 2. The fraction of sp³-hybridized carbons (Fsp3) is 1.00. The summed E-state index contributed by atoms with van der Waals surface area (Å²) in [7, 11) is 0. The van der Waals surface area contributed by atoms with E-state index in [9.17, 15) is 0 Å². The smallest absolute Gasteiger partial charge is 0.0458 e. The lowest BCUT2D eigenvalue weighted by Crippen LogP contribution is -2.38. The first kappa shape index (κ1) is 10.0. The van der Waals surface area contributed by atoms with Crippen LogP contribution >= 0.6 is 0 Å². The molecule has 1 saturated carbocycles. The third-order valence-electron chi connectivity index (χ3n) is 2.83. The zero-order valence-corrected chi connectivity index (χ0v) is 8.45. The van der Waals surface area contributed by atoms with Crippen molar-refractivity contribution in [1.82, 2.24) is 10.6 Å². The van der Waals surface area contributed by atoms with Crippen LogP contribution in [-0.4, -0.2) is 18.8 Å². The molecule has 1 aliphatic carbocycles. The molecule has 2 N–H and O–H groups in total. The first-order valence-electron chi connectivity index (χ1n) is 5.29. The van der Waals surface area contributed by atoms with Crippen molar-refractivity contribution in [3.05, 3.63) is 0 Å². The molecule has 72 valence electrons. The van der Waals surface area contributed by atoms with E-state index in [4.69, 9.17) is 0 Å². The lowest BCUT2D eigenvalue weighted by molar-refractivity contribution is 0.449. The zero-order valence-electron chi connectivity index (χ0n) is 8.45. The molecule has 0 aromatic heterocycles. The summed E-state index contributed by atoms with van der Waals surface area (Å²) in [4.78, 5) is 0. The van der Waals surface area contributed by atoms with E-state index in [0.29, 0.717) is 5.54 Å². The molecule has 0 heterocycles. The fourth-order valence-corrected chi connectivity index (χ4v) is 1.45. The first-order valence-corrected chi connectivity index (χ1v) is 5.29. The third-order valence-corrected chi connectivity index (χ3v) is 2.83. The Balaban J connectivity index is 1.89. The minimum atomic E-state index is 0.527. The maximum Gasteiger partial charge on any atom is 0.0458 e. The second kappa shape index (κ2) is 4.83. The molecule has 0 amide bonds. The van der Waals surface area contributed by atoms with Crippen LogP contribution in [0.2, 0.25) is 0 Å². The van der Waals surface area contributed by atoms with Crippen LogP contribution < -0.4 is 10.6 Å². The Kier molecular flexibility index (Phi) is 4.02. The van der Waals surface area contributed by atoms with Crippen LogP contribution in [0.5, 0.6) is 0 Å². The largest absolute Gasteiger partial charge is 0.304 e. The van der Waals surface area contributed by atoms with E-state index >= 15 is 0 Å². The molecule has 2 nitrogen and oxygen atoms in total. The molecule has 0 atom stereocenters. The minimum Gasteiger partial charge on any atom is -0.304 e. The van der Waals surface area contributed by atoms with Gasteiger partial charge in [-0.3, -0.25) is 5.32 Å². The molecule has 0 saturated heterocycles. The molecular weight excluding hydrogens is 148 g/mol. The van der Waals surface area contributed by atoms with Crippen molar-refractivity contribution in [1.29, 1.82) is 0 Å². The molecule has 2 heteroatoms. The van der Waals surface area contributed by atoms with Gasteiger partial charge < -0.3 is 5.32 Å². The summed E-state index contributed by atoms with van der Waals surface area (Å²) in [5.41, 5.74) is 0.527. The molecular formula is C10H22N2. The summed E-state index contributed by atoms with van der Waals surface area (Å²) >= 11 is 0. The van der Waals surface area contributed by atoms with Crippen molar-refractivity contribution in [2.75, 3.05) is 13.2 Å². The number of nitrogens with one attached hydrogen (secondary N) is 2. The number of rotatable bonds is 7. The summed E-state index contributed by atoms with van der Waals surface area (Å²) in [5, 5.41) is 6.97. The van der Waals surface area contributed by atoms with Gasteiger partial charge >= 0.3 is 0 Å². The number of hydrogen-bond acceptors (Lipinski definition) is 2. The van der Waals surface area contributed by atoms with Crippen molar-refractivity contribution >= 4 is 0 Å². The van der Waals surface area contributed by atoms with Crippen LogP contribution in [0.3, 0.4) is 0 Å². The first-order chi connectivity index (χ1) is 5.83. The summed E-state index contributed by atoms with van der Waals surface area (Å²) < 4.78 is 0. The Morgan fingerprint density at radius 3 is 2.50 bits per heavy atom. The van der Waals surface area contributed by atoms with Crippen LogP contribution in [0, 0.1) is 0 Å². The van der Waals surface area contributed by atoms with Gasteiger partial charge in [-0.1, -0.05) is 20.3 Å². The van der Waals surface area contributed by atoms with Gasteiger partial charge in [-0.05, 0) is 32.2 Å². The lowest BCUT2D eigenvalue weighted by Gasteiger charge is -2.15. The minimum absolute atomic E-state index is 0.527. The van der Waals surface area contributed by atoms with Gasteiger partial charge in [0.05, 0.1) is 0 Å². The van der Waals surface area contributed by atoms with E-state index in [1.54, 1.807) is 0 Å². The highest BCUT2D eigenvalue weighted by Crippen LogP contribution is 2.37. The molecule has 1 fully saturated rings. The molecule has 0 spiro atoms. The van der Waals surface area contributed by atoms with Gasteiger partial charge in [0, 0.05) is 12.2 Å². The van der Waals surface area contributed by atoms with Crippen molar-refractivity contribution in [3.8, 4) is 0 Å². The Labute approximate surface area is 76.1 Å². The van der Waals surface area contributed by atoms with Gasteiger partial charge in [-0.15, -0.1) is 0 Å². The standard InChI is InChI=1S/C10H22N2/c1-3-5-8-11-9-12-10(4-2)6-7-10/h11-12H,3-9H2,1-2H3. The molecule has 0 radical (unpaired) electrons. The van der Waals surface area contributed by atoms with Gasteiger partial charge in [0.2, 0.25) is 0 Å². The van der Waals surface area contributed by atoms with Crippen LogP contribution in [0.15, 0.2) is 0 Å². The second-order valence-electron chi connectivity index (χ2n) is 3.84. The summed E-state index contributed by atoms with van der Waals surface area (Å²) in [6, 6.07) is 0. The SMILES string of the molecule is CCCCNCNC1(CC)CC1. The predicted octanol–water partition coefficient (Wildman–Crippen LogP) is 1.87. The average Bonchev–Trinajstić information content (AvgIpc) is 2.85. The predicted molar refractivity (Wildman–Crippen MR) is 53.2 cm³/mol. The van der Waals surface area contributed by atoms with E-state index < -0.39 is 0 Å². The highest BCUT2D eigenvalue weighted by atomic mass is 15.1. The average molecular weight is 170 g/mol. The summed E-state index contributed by atoms with van der Waals surface area (Å²) in [5.74, 6) is 0. The quantitative estimate of drug-likeness (QED) is 0.450. The van der Waals surface area contributed by atoms with Crippen molar-refractivity contribution < 1.29 is 0 Å². The van der Waals surface area contributed by atoms with Crippen LogP contribution in [0.1, 0.15) is 46.0 Å². The maximum absolute atomic E-state index is 3.57. The molecule has 0 aromatic carbocycles. The molecule has 0 aliphatic heterocycles. The topological polar surface area (TPSA) is 24.1 Å². The Morgan fingerprint density at radius 1 is 1.25 bits per heavy atom. The monoisotopic (exact) mass is 170 g/mol. The second-order valence-corrected chi connectivity index (χ2v) is 3.84. The highest BCUT2D eigenvalue weighted by molar-refractivity contribution is 5.00. The fourth-order valence-electron chi connectivity index (χ4n) is 1.45. The maximum atomic E-state index is 3.57. The van der Waals surface area contributed by atoms with Crippen LogP contribution in [0.25, 0.3) is 0 Å². The zero-order chi connectivity index (χ0) is 8.86. The Bertz CT molecular complexity index is 119. The van der Waals surface area contributed by atoms with Crippen molar-refractivity contribution in [2.24, 2.45) is 0 Å². The van der Waals surface area contributed by atoms with Crippen molar-refractivity contribution in [3.63, 3.8) is 0 Å². The Hall–Kier alpha value is -0.0800. The summed E-state index contributed by atoms with van der Waals surface area (Å²) in [6.45, 7) is 6.65. The molecule has 0 bridgehead atoms. The van der Waals surface area contributed by atoms with E-state index in [1.807, 2.05) is 0 Å². The number of unbranched alkanes of at least 4 members (excludes halogenated alkanes) is 1. The van der Waals surface area contributed by atoms with Crippen molar-refractivity contribution in [2.45, 2.75) is 51.5 Å². The lowest BCUT2D eigenvalue weighted by atomic mass is 10.2. The van der Waals surface area contributed by atoms with Gasteiger partial charge in [0.25, 0.3) is 0 Å². The molecule has 1 aliphatic rings. The van der Waals surface area contributed by atoms with Crippen LogP contribution in [-0.2, 0) is 0 Å². The van der Waals surface area contributed by atoms with Gasteiger partial charge in [-0.2, -0.15) is 0 Å². The molecule has 0 aromatic rings. The van der Waals surface area contributed by atoms with E-state index in [1.165, 1.54) is 32.1 Å². The molecule has 0 unspecified atom stereocenters. The van der Waals surface area contributed by atoms with Gasteiger partial charge in [0.15, 0.2) is 0 Å². The van der Waals surface area contributed by atoms with Gasteiger partial charge in [-0.25, -0.2) is 0 Å². The van der Waals surface area contributed by atoms with Crippen LogP contribution in [0.4, 0.5) is 0 Å². The van der Waals surface area contributed by atoms with E-state index in [-0.39, 0.29) is 0 Å². The van der Waals surface area contributed by atoms with E-state index in [2.05, 4.69) is 24.5 Å². The molecule has 12 heavy (non-hydrogen) atoms. The van der Waals surface area contributed by atoms with Gasteiger partial charge in [0.1, 0.15) is 0 Å². The highest BCUT2D eigenvalue weighted by Gasteiger charge is 2.39. The third kappa shape index (κ3) is 3.11. The normalized spacial score (nSPS) is 19.5.